The minimum absolute atomic E-state index is 0.418. The van der Waals surface area contributed by atoms with Crippen LogP contribution in [0, 0.1) is 6.92 Å². The van der Waals surface area contributed by atoms with Crippen LogP contribution in [0.2, 0.25) is 0 Å². The summed E-state index contributed by atoms with van der Waals surface area (Å²) in [5.41, 5.74) is 3.60. The van der Waals surface area contributed by atoms with Gasteiger partial charge in [0.25, 0.3) is 0 Å². The number of nitrogens with one attached hydrogen (secondary N) is 1. The van der Waals surface area contributed by atoms with E-state index in [9.17, 15) is 0 Å². The summed E-state index contributed by atoms with van der Waals surface area (Å²) in [5, 5.41) is 3.43. The summed E-state index contributed by atoms with van der Waals surface area (Å²) in [5.74, 6) is 0.977. The molecule has 21 heavy (non-hydrogen) atoms. The fourth-order valence-electron chi connectivity index (χ4n) is 2.73. The van der Waals surface area contributed by atoms with Gasteiger partial charge in [0.15, 0.2) is 0 Å². The molecule has 0 aliphatic heterocycles. The van der Waals surface area contributed by atoms with Gasteiger partial charge in [0.05, 0.1) is 6.10 Å². The number of aromatic nitrogens is 1. The number of hydrogen-bond acceptors (Lipinski definition) is 3. The first-order chi connectivity index (χ1) is 10.3. The zero-order valence-electron chi connectivity index (χ0n) is 12.5. The van der Waals surface area contributed by atoms with Gasteiger partial charge in [-0.25, -0.2) is 0 Å². The van der Waals surface area contributed by atoms with Crippen molar-refractivity contribution in [1.29, 1.82) is 0 Å². The molecule has 0 bridgehead atoms. The molecule has 0 unspecified atom stereocenters. The van der Waals surface area contributed by atoms with Crippen LogP contribution in [0.5, 0.6) is 5.75 Å². The maximum Gasteiger partial charge on any atom is 0.119 e. The zero-order valence-corrected chi connectivity index (χ0v) is 12.5. The smallest absolute Gasteiger partial charge is 0.119 e. The van der Waals surface area contributed by atoms with Crippen LogP contribution in [0.3, 0.4) is 0 Å². The fraction of sp³-hybridized carbons (Fsp3) is 0.389. The van der Waals surface area contributed by atoms with Gasteiger partial charge in [-0.05, 0) is 74.1 Å². The van der Waals surface area contributed by atoms with Crippen LogP contribution in [0.4, 0.5) is 5.69 Å². The van der Waals surface area contributed by atoms with E-state index in [0.29, 0.717) is 6.10 Å². The van der Waals surface area contributed by atoms with Crippen molar-refractivity contribution in [2.24, 2.45) is 0 Å². The highest BCUT2D eigenvalue weighted by molar-refractivity contribution is 5.47. The SMILES string of the molecule is Cc1ccncc1CNc1ccc(OC2CCCC2)cc1. The second-order valence-corrected chi connectivity index (χ2v) is 5.70. The average Bonchev–Trinajstić information content (AvgIpc) is 3.01. The van der Waals surface area contributed by atoms with E-state index in [2.05, 4.69) is 41.5 Å². The molecule has 1 aliphatic rings. The van der Waals surface area contributed by atoms with Crippen molar-refractivity contribution in [2.75, 3.05) is 5.32 Å². The van der Waals surface area contributed by atoms with E-state index in [-0.39, 0.29) is 0 Å². The Morgan fingerprint density at radius 1 is 1.14 bits per heavy atom. The second-order valence-electron chi connectivity index (χ2n) is 5.70. The third kappa shape index (κ3) is 3.75. The maximum absolute atomic E-state index is 5.97. The molecule has 3 rings (SSSR count). The summed E-state index contributed by atoms with van der Waals surface area (Å²) in [6, 6.07) is 10.3. The summed E-state index contributed by atoms with van der Waals surface area (Å²) in [4.78, 5) is 4.17. The predicted octanol–water partition coefficient (Wildman–Crippen LogP) is 4.32. The Balaban J connectivity index is 1.55. The first-order valence-electron chi connectivity index (χ1n) is 7.71. The Morgan fingerprint density at radius 2 is 1.90 bits per heavy atom. The molecule has 1 aliphatic carbocycles. The van der Waals surface area contributed by atoms with E-state index in [1.807, 2.05) is 18.5 Å². The molecule has 2 aromatic rings. The van der Waals surface area contributed by atoms with Gasteiger partial charge in [0.2, 0.25) is 0 Å². The lowest BCUT2D eigenvalue weighted by molar-refractivity contribution is 0.210. The van der Waals surface area contributed by atoms with Crippen molar-refractivity contribution in [3.8, 4) is 5.75 Å². The summed E-state index contributed by atoms with van der Waals surface area (Å²) in [6.45, 7) is 2.90. The number of pyridine rings is 1. The van der Waals surface area contributed by atoms with Crippen molar-refractivity contribution in [2.45, 2.75) is 45.3 Å². The third-order valence-corrected chi connectivity index (χ3v) is 4.09. The number of benzene rings is 1. The first-order valence-corrected chi connectivity index (χ1v) is 7.71. The normalized spacial score (nSPS) is 15.1. The molecule has 1 N–H and O–H groups in total. The molecular weight excluding hydrogens is 260 g/mol. The number of nitrogens with zero attached hydrogens (tertiary/aromatic N) is 1. The molecule has 3 heteroatoms. The Bertz CT molecular complexity index is 574. The van der Waals surface area contributed by atoms with E-state index in [4.69, 9.17) is 4.74 Å². The number of hydrogen-bond donors (Lipinski definition) is 1. The topological polar surface area (TPSA) is 34.2 Å². The number of rotatable bonds is 5. The van der Waals surface area contributed by atoms with Gasteiger partial charge in [-0.1, -0.05) is 0 Å². The second kappa shape index (κ2) is 6.61. The van der Waals surface area contributed by atoms with Crippen LogP contribution in [0.25, 0.3) is 0 Å². The molecule has 1 heterocycles. The van der Waals surface area contributed by atoms with Crippen LogP contribution >= 0.6 is 0 Å². The summed E-state index contributed by atoms with van der Waals surface area (Å²) < 4.78 is 5.97. The lowest BCUT2D eigenvalue weighted by Crippen LogP contribution is -2.10. The minimum atomic E-state index is 0.418. The molecule has 110 valence electrons. The van der Waals surface area contributed by atoms with Gasteiger partial charge in [-0.3, -0.25) is 4.98 Å². The molecule has 0 atom stereocenters. The van der Waals surface area contributed by atoms with Gasteiger partial charge in [0, 0.05) is 24.6 Å². The van der Waals surface area contributed by atoms with Crippen LogP contribution < -0.4 is 10.1 Å². The van der Waals surface area contributed by atoms with Gasteiger partial charge in [0.1, 0.15) is 5.75 Å². The summed E-state index contributed by atoms with van der Waals surface area (Å²) in [6.07, 6.45) is 9.15. The van der Waals surface area contributed by atoms with E-state index < -0.39 is 0 Å². The van der Waals surface area contributed by atoms with Crippen LogP contribution in [-0.4, -0.2) is 11.1 Å². The van der Waals surface area contributed by atoms with Crippen molar-refractivity contribution < 1.29 is 4.74 Å². The standard InChI is InChI=1S/C18H22N2O/c1-14-10-11-19-12-15(14)13-20-16-6-8-18(9-7-16)21-17-4-2-3-5-17/h6-12,17,20H,2-5,13H2,1H3. The molecule has 0 saturated heterocycles. The Hall–Kier alpha value is -2.03. The number of anilines is 1. The molecule has 1 aromatic heterocycles. The monoisotopic (exact) mass is 282 g/mol. The van der Waals surface area contributed by atoms with Gasteiger partial charge in [-0.2, -0.15) is 0 Å². The lowest BCUT2D eigenvalue weighted by atomic mass is 10.1. The molecule has 0 amide bonds. The molecule has 1 saturated carbocycles. The molecular formula is C18H22N2O. The molecule has 1 aromatic carbocycles. The van der Waals surface area contributed by atoms with Crippen LogP contribution in [0.1, 0.15) is 36.8 Å². The Labute approximate surface area is 126 Å². The zero-order chi connectivity index (χ0) is 14.5. The molecule has 3 nitrogen and oxygen atoms in total. The van der Waals surface area contributed by atoms with E-state index in [0.717, 1.165) is 18.0 Å². The Morgan fingerprint density at radius 3 is 2.62 bits per heavy atom. The third-order valence-electron chi connectivity index (χ3n) is 4.09. The summed E-state index contributed by atoms with van der Waals surface area (Å²) in [7, 11) is 0. The van der Waals surface area contributed by atoms with E-state index in [1.165, 1.54) is 36.8 Å². The van der Waals surface area contributed by atoms with Crippen molar-refractivity contribution >= 4 is 5.69 Å². The molecule has 0 radical (unpaired) electrons. The molecule has 0 spiro atoms. The lowest BCUT2D eigenvalue weighted by Gasteiger charge is -2.14. The van der Waals surface area contributed by atoms with Gasteiger partial charge >= 0.3 is 0 Å². The first kappa shape index (κ1) is 13.9. The van der Waals surface area contributed by atoms with Gasteiger partial charge < -0.3 is 10.1 Å². The largest absolute Gasteiger partial charge is 0.490 e. The van der Waals surface area contributed by atoms with E-state index >= 15 is 0 Å². The fourth-order valence-corrected chi connectivity index (χ4v) is 2.73. The van der Waals surface area contributed by atoms with Crippen molar-refractivity contribution in [3.05, 3.63) is 53.9 Å². The van der Waals surface area contributed by atoms with Crippen LogP contribution in [-0.2, 0) is 6.54 Å². The van der Waals surface area contributed by atoms with Gasteiger partial charge in [-0.15, -0.1) is 0 Å². The highest BCUT2D eigenvalue weighted by atomic mass is 16.5. The maximum atomic E-state index is 5.97. The van der Waals surface area contributed by atoms with E-state index in [1.54, 1.807) is 0 Å². The summed E-state index contributed by atoms with van der Waals surface area (Å²) >= 11 is 0. The quantitative estimate of drug-likeness (QED) is 0.886. The minimum Gasteiger partial charge on any atom is -0.490 e. The number of aryl methyl sites for hydroxylation is 1. The average molecular weight is 282 g/mol. The highest BCUT2D eigenvalue weighted by Crippen LogP contribution is 2.25. The Kier molecular flexibility index (Phi) is 4.39. The molecule has 1 fully saturated rings. The van der Waals surface area contributed by atoms with Crippen LogP contribution in [0.15, 0.2) is 42.7 Å². The predicted molar refractivity (Wildman–Crippen MR) is 85.6 cm³/mol. The number of ether oxygens (including phenoxy) is 1. The van der Waals surface area contributed by atoms with Crippen molar-refractivity contribution in [3.63, 3.8) is 0 Å². The van der Waals surface area contributed by atoms with Crippen molar-refractivity contribution in [1.82, 2.24) is 4.98 Å². The highest BCUT2D eigenvalue weighted by Gasteiger charge is 2.16.